The maximum atomic E-state index is 13.8. The lowest BCUT2D eigenvalue weighted by Gasteiger charge is -2.15. The molecule has 3 nitrogen and oxygen atoms in total. The highest BCUT2D eigenvalue weighted by Gasteiger charge is 2.16. The lowest BCUT2D eigenvalue weighted by atomic mass is 10.0. The van der Waals surface area contributed by atoms with Crippen molar-refractivity contribution in [2.24, 2.45) is 5.73 Å². The highest BCUT2D eigenvalue weighted by atomic mass is 19.1. The number of hydrogen-bond acceptors (Lipinski definition) is 3. The van der Waals surface area contributed by atoms with E-state index in [1.807, 2.05) is 0 Å². The van der Waals surface area contributed by atoms with Crippen molar-refractivity contribution in [2.45, 2.75) is 32.2 Å². The van der Waals surface area contributed by atoms with Crippen molar-refractivity contribution < 1.29 is 13.9 Å². The van der Waals surface area contributed by atoms with Crippen molar-refractivity contribution in [1.82, 2.24) is 0 Å². The molecule has 0 heterocycles. The molecule has 0 aliphatic heterocycles. The van der Waals surface area contributed by atoms with Crippen LogP contribution in [0, 0.1) is 5.82 Å². The van der Waals surface area contributed by atoms with Crippen molar-refractivity contribution in [1.29, 1.82) is 0 Å². The number of hydrogen-bond donors (Lipinski definition) is 1. The Hall–Kier alpha value is -1.29. The van der Waals surface area contributed by atoms with E-state index in [1.165, 1.54) is 20.3 Å². The van der Waals surface area contributed by atoms with Gasteiger partial charge in [0.2, 0.25) is 0 Å². The molecule has 0 aromatic heterocycles. The first-order valence-corrected chi connectivity index (χ1v) is 5.81. The zero-order valence-electron chi connectivity index (χ0n) is 10.6. The second-order valence-corrected chi connectivity index (χ2v) is 3.98. The van der Waals surface area contributed by atoms with Gasteiger partial charge in [-0.3, -0.25) is 0 Å². The van der Waals surface area contributed by atoms with E-state index >= 15 is 0 Å². The quantitative estimate of drug-likeness (QED) is 0.832. The summed E-state index contributed by atoms with van der Waals surface area (Å²) in [4.78, 5) is 0. The largest absolute Gasteiger partial charge is 0.493 e. The third kappa shape index (κ3) is 3.33. The van der Waals surface area contributed by atoms with Crippen molar-refractivity contribution in [3.8, 4) is 11.5 Å². The maximum Gasteiger partial charge on any atom is 0.163 e. The van der Waals surface area contributed by atoms with Crippen molar-refractivity contribution in [3.05, 3.63) is 23.5 Å². The van der Waals surface area contributed by atoms with Crippen LogP contribution in [-0.2, 0) is 0 Å². The molecule has 0 saturated carbocycles. The van der Waals surface area contributed by atoms with Gasteiger partial charge in [0, 0.05) is 17.7 Å². The van der Waals surface area contributed by atoms with E-state index in [-0.39, 0.29) is 11.9 Å². The Morgan fingerprint density at radius 1 is 1.24 bits per heavy atom. The molecule has 1 rings (SSSR count). The minimum Gasteiger partial charge on any atom is -0.493 e. The van der Waals surface area contributed by atoms with Crippen LogP contribution in [0.5, 0.6) is 11.5 Å². The fourth-order valence-electron chi connectivity index (χ4n) is 1.73. The average Bonchev–Trinajstić information content (AvgIpc) is 2.35. The highest BCUT2D eigenvalue weighted by Crippen LogP contribution is 2.32. The van der Waals surface area contributed by atoms with E-state index in [2.05, 4.69) is 6.92 Å². The first-order valence-electron chi connectivity index (χ1n) is 5.81. The number of nitrogens with two attached hydrogens (primary N) is 1. The molecule has 0 amide bonds. The molecule has 4 heteroatoms. The normalized spacial score (nSPS) is 12.3. The fourth-order valence-corrected chi connectivity index (χ4v) is 1.73. The van der Waals surface area contributed by atoms with Gasteiger partial charge in [-0.05, 0) is 12.5 Å². The zero-order valence-corrected chi connectivity index (χ0v) is 10.6. The Bertz CT molecular complexity index is 369. The van der Waals surface area contributed by atoms with E-state index in [0.717, 1.165) is 19.3 Å². The van der Waals surface area contributed by atoms with Gasteiger partial charge in [-0.25, -0.2) is 4.39 Å². The Labute approximate surface area is 102 Å². The summed E-state index contributed by atoms with van der Waals surface area (Å²) >= 11 is 0. The Morgan fingerprint density at radius 3 is 2.35 bits per heavy atom. The van der Waals surface area contributed by atoms with Crippen LogP contribution in [-0.4, -0.2) is 14.2 Å². The van der Waals surface area contributed by atoms with Crippen LogP contribution in [0.2, 0.25) is 0 Å². The third-order valence-electron chi connectivity index (χ3n) is 2.77. The van der Waals surface area contributed by atoms with Gasteiger partial charge in [0.25, 0.3) is 0 Å². The topological polar surface area (TPSA) is 44.5 Å². The van der Waals surface area contributed by atoms with Gasteiger partial charge in [-0.15, -0.1) is 0 Å². The molecular formula is C13H20FNO2. The first kappa shape index (κ1) is 13.8. The summed E-state index contributed by atoms with van der Waals surface area (Å²) in [6.45, 7) is 2.08. The van der Waals surface area contributed by atoms with E-state index in [1.54, 1.807) is 6.07 Å². The summed E-state index contributed by atoms with van der Waals surface area (Å²) in [7, 11) is 3.01. The molecule has 0 saturated heterocycles. The molecular weight excluding hydrogens is 221 g/mol. The van der Waals surface area contributed by atoms with Crippen molar-refractivity contribution in [3.63, 3.8) is 0 Å². The number of rotatable bonds is 6. The summed E-state index contributed by atoms with van der Waals surface area (Å²) in [6, 6.07) is 2.64. The number of methoxy groups -OCH3 is 2. The van der Waals surface area contributed by atoms with E-state index in [0.29, 0.717) is 17.1 Å². The molecule has 1 atom stereocenters. The van der Waals surface area contributed by atoms with Gasteiger partial charge >= 0.3 is 0 Å². The minimum atomic E-state index is -0.341. The summed E-state index contributed by atoms with van der Waals surface area (Å²) in [5.41, 5.74) is 6.44. The van der Waals surface area contributed by atoms with Gasteiger partial charge in [-0.1, -0.05) is 19.8 Å². The van der Waals surface area contributed by atoms with Gasteiger partial charge in [0.15, 0.2) is 11.5 Å². The van der Waals surface area contributed by atoms with Crippen LogP contribution >= 0.6 is 0 Å². The van der Waals surface area contributed by atoms with Crippen LogP contribution in [0.3, 0.4) is 0 Å². The van der Waals surface area contributed by atoms with Crippen LogP contribution in [0.1, 0.15) is 37.8 Å². The Balaban J connectivity index is 2.99. The molecule has 0 spiro atoms. The molecule has 0 radical (unpaired) electrons. The SMILES string of the molecule is CCCC[C@H](N)c1cc(OC)c(OC)cc1F. The summed E-state index contributed by atoms with van der Waals surface area (Å²) in [5, 5.41) is 0. The monoisotopic (exact) mass is 241 g/mol. The van der Waals surface area contributed by atoms with Crippen LogP contribution < -0.4 is 15.2 Å². The number of unbranched alkanes of at least 4 members (excludes halogenated alkanes) is 1. The summed E-state index contributed by atoms with van der Waals surface area (Å²) in [6.07, 6.45) is 2.79. The van der Waals surface area contributed by atoms with E-state index in [4.69, 9.17) is 15.2 Å². The van der Waals surface area contributed by atoms with E-state index < -0.39 is 0 Å². The fraction of sp³-hybridized carbons (Fsp3) is 0.538. The second kappa shape index (κ2) is 6.45. The van der Waals surface area contributed by atoms with Crippen LogP contribution in [0.4, 0.5) is 4.39 Å². The number of ether oxygens (including phenoxy) is 2. The number of benzene rings is 1. The lowest BCUT2D eigenvalue weighted by molar-refractivity contribution is 0.350. The second-order valence-electron chi connectivity index (χ2n) is 3.98. The molecule has 0 aliphatic rings. The molecule has 1 aromatic carbocycles. The molecule has 0 fully saturated rings. The molecule has 17 heavy (non-hydrogen) atoms. The first-order chi connectivity index (χ1) is 8.13. The summed E-state index contributed by atoms with van der Waals surface area (Å²) in [5.74, 6) is 0.554. The molecule has 0 unspecified atom stereocenters. The highest BCUT2D eigenvalue weighted by molar-refractivity contribution is 5.44. The van der Waals surface area contributed by atoms with Gasteiger partial charge < -0.3 is 15.2 Å². The summed E-state index contributed by atoms with van der Waals surface area (Å²) < 4.78 is 24.0. The van der Waals surface area contributed by atoms with E-state index in [9.17, 15) is 4.39 Å². The molecule has 2 N–H and O–H groups in total. The molecule has 0 aliphatic carbocycles. The van der Waals surface area contributed by atoms with Gasteiger partial charge in [-0.2, -0.15) is 0 Å². The van der Waals surface area contributed by atoms with Crippen molar-refractivity contribution >= 4 is 0 Å². The number of halogens is 1. The minimum absolute atomic E-state index is 0.297. The van der Waals surface area contributed by atoms with Crippen molar-refractivity contribution in [2.75, 3.05) is 14.2 Å². The van der Waals surface area contributed by atoms with Gasteiger partial charge in [0.1, 0.15) is 5.82 Å². The standard InChI is InChI=1S/C13H20FNO2/c1-4-5-6-11(15)9-7-12(16-2)13(17-3)8-10(9)14/h7-8,11H,4-6,15H2,1-3H3/t11-/m0/s1. The maximum absolute atomic E-state index is 13.8. The third-order valence-corrected chi connectivity index (χ3v) is 2.77. The Morgan fingerprint density at radius 2 is 1.82 bits per heavy atom. The molecule has 1 aromatic rings. The lowest BCUT2D eigenvalue weighted by Crippen LogP contribution is -2.12. The molecule has 96 valence electrons. The predicted octanol–water partition coefficient (Wildman–Crippen LogP) is 3.03. The van der Waals surface area contributed by atoms with Gasteiger partial charge in [0.05, 0.1) is 14.2 Å². The Kier molecular flexibility index (Phi) is 5.22. The van der Waals surface area contributed by atoms with Crippen LogP contribution in [0.15, 0.2) is 12.1 Å². The molecule has 0 bridgehead atoms. The predicted molar refractivity (Wildman–Crippen MR) is 66.0 cm³/mol. The van der Waals surface area contributed by atoms with Crippen LogP contribution in [0.25, 0.3) is 0 Å². The average molecular weight is 241 g/mol. The zero-order chi connectivity index (χ0) is 12.8. The smallest absolute Gasteiger partial charge is 0.163 e.